The number of aryl methyl sites for hydroxylation is 1. The van der Waals surface area contributed by atoms with E-state index in [2.05, 4.69) is 20.2 Å². The van der Waals surface area contributed by atoms with Crippen LogP contribution in [0.1, 0.15) is 11.5 Å². The second-order valence-electron chi connectivity index (χ2n) is 2.84. The Balaban J connectivity index is 2.05. The standard InChI is InChI=1S/C8H9N5S2/c1-5-2-6(9)12-7(11-5)3-14-8-13-10-4-15-8/h2,4H,3H2,1H3,(H2,9,11,12). The molecular formula is C8H9N5S2. The fourth-order valence-electron chi connectivity index (χ4n) is 1.07. The number of nitrogens with zero attached hydrogens (tertiary/aromatic N) is 4. The summed E-state index contributed by atoms with van der Waals surface area (Å²) < 4.78 is 0.915. The van der Waals surface area contributed by atoms with Crippen molar-refractivity contribution >= 4 is 28.9 Å². The smallest absolute Gasteiger partial charge is 0.174 e. The number of anilines is 1. The highest BCUT2D eigenvalue weighted by Gasteiger charge is 2.03. The minimum Gasteiger partial charge on any atom is -0.384 e. The predicted molar refractivity (Wildman–Crippen MR) is 60.7 cm³/mol. The first kappa shape index (κ1) is 10.3. The van der Waals surface area contributed by atoms with Gasteiger partial charge in [-0.2, -0.15) is 0 Å². The quantitative estimate of drug-likeness (QED) is 0.818. The van der Waals surface area contributed by atoms with E-state index in [9.17, 15) is 0 Å². The van der Waals surface area contributed by atoms with Gasteiger partial charge in [-0.3, -0.25) is 0 Å². The second-order valence-corrected chi connectivity index (χ2v) is 4.90. The van der Waals surface area contributed by atoms with Crippen LogP contribution in [0.15, 0.2) is 15.9 Å². The van der Waals surface area contributed by atoms with Crippen molar-refractivity contribution in [2.24, 2.45) is 0 Å². The highest BCUT2D eigenvalue weighted by molar-refractivity contribution is 8.00. The van der Waals surface area contributed by atoms with Crippen LogP contribution in [0.2, 0.25) is 0 Å². The van der Waals surface area contributed by atoms with Crippen molar-refractivity contribution in [1.82, 2.24) is 20.2 Å². The average Bonchev–Trinajstić information content (AvgIpc) is 2.65. The normalized spacial score (nSPS) is 10.5. The maximum Gasteiger partial charge on any atom is 0.174 e. The van der Waals surface area contributed by atoms with E-state index in [4.69, 9.17) is 5.73 Å². The van der Waals surface area contributed by atoms with Gasteiger partial charge in [-0.15, -0.1) is 10.2 Å². The van der Waals surface area contributed by atoms with Crippen LogP contribution in [0.4, 0.5) is 5.82 Å². The molecule has 0 radical (unpaired) electrons. The number of hydrogen-bond acceptors (Lipinski definition) is 7. The Bertz CT molecular complexity index is 422. The Hall–Kier alpha value is -1.21. The average molecular weight is 239 g/mol. The maximum atomic E-state index is 5.62. The molecule has 0 unspecified atom stereocenters. The summed E-state index contributed by atoms with van der Waals surface area (Å²) in [6.07, 6.45) is 0. The molecule has 0 atom stereocenters. The lowest BCUT2D eigenvalue weighted by Gasteiger charge is -2.00. The summed E-state index contributed by atoms with van der Waals surface area (Å²) in [6.45, 7) is 1.90. The minimum atomic E-state index is 0.510. The highest BCUT2D eigenvalue weighted by Crippen LogP contribution is 2.22. The zero-order valence-corrected chi connectivity index (χ0v) is 9.68. The molecule has 0 saturated heterocycles. The Kier molecular flexibility index (Phi) is 3.12. The van der Waals surface area contributed by atoms with Crippen LogP contribution >= 0.6 is 23.1 Å². The summed E-state index contributed by atoms with van der Waals surface area (Å²) in [5.41, 5.74) is 8.21. The van der Waals surface area contributed by atoms with Gasteiger partial charge >= 0.3 is 0 Å². The molecule has 2 rings (SSSR count). The van der Waals surface area contributed by atoms with E-state index >= 15 is 0 Å². The second kappa shape index (κ2) is 4.54. The van der Waals surface area contributed by atoms with E-state index in [-0.39, 0.29) is 0 Å². The van der Waals surface area contributed by atoms with Crippen molar-refractivity contribution in [3.8, 4) is 0 Å². The first-order valence-electron chi connectivity index (χ1n) is 4.23. The fraction of sp³-hybridized carbons (Fsp3) is 0.250. The first-order chi connectivity index (χ1) is 7.24. The molecule has 15 heavy (non-hydrogen) atoms. The monoisotopic (exact) mass is 239 g/mol. The molecule has 0 fully saturated rings. The largest absolute Gasteiger partial charge is 0.384 e. The SMILES string of the molecule is Cc1cc(N)nc(CSc2nncs2)n1. The zero-order valence-electron chi connectivity index (χ0n) is 8.04. The number of hydrogen-bond donors (Lipinski definition) is 1. The summed E-state index contributed by atoms with van der Waals surface area (Å²) in [5, 5.41) is 7.67. The Morgan fingerprint density at radius 3 is 3.00 bits per heavy atom. The van der Waals surface area contributed by atoms with Crippen LogP contribution in [0, 0.1) is 6.92 Å². The lowest BCUT2D eigenvalue weighted by atomic mass is 10.4. The zero-order chi connectivity index (χ0) is 10.7. The van der Waals surface area contributed by atoms with Crippen molar-refractivity contribution < 1.29 is 0 Å². The van der Waals surface area contributed by atoms with Crippen LogP contribution in [0.25, 0.3) is 0 Å². The molecule has 0 saturated carbocycles. The van der Waals surface area contributed by atoms with Gasteiger partial charge in [0.15, 0.2) is 4.34 Å². The van der Waals surface area contributed by atoms with Gasteiger partial charge in [0.05, 0.1) is 5.75 Å². The molecule has 78 valence electrons. The summed E-state index contributed by atoms with van der Waals surface area (Å²) >= 11 is 3.07. The topological polar surface area (TPSA) is 77.6 Å². The van der Waals surface area contributed by atoms with Crippen molar-refractivity contribution in [2.45, 2.75) is 17.0 Å². The number of rotatable bonds is 3. The van der Waals surface area contributed by atoms with Crippen molar-refractivity contribution in [2.75, 3.05) is 5.73 Å². The third kappa shape index (κ3) is 2.87. The maximum absolute atomic E-state index is 5.62. The van der Waals surface area contributed by atoms with Gasteiger partial charge in [0.1, 0.15) is 17.2 Å². The molecule has 2 aromatic rings. The summed E-state index contributed by atoms with van der Waals surface area (Å²) in [6, 6.07) is 1.75. The predicted octanol–water partition coefficient (Wildman–Crippen LogP) is 1.51. The highest BCUT2D eigenvalue weighted by atomic mass is 32.2. The van der Waals surface area contributed by atoms with Gasteiger partial charge < -0.3 is 5.73 Å². The number of aromatic nitrogens is 4. The molecular weight excluding hydrogens is 230 g/mol. The third-order valence-electron chi connectivity index (χ3n) is 1.59. The Morgan fingerprint density at radius 1 is 1.47 bits per heavy atom. The number of nitrogens with two attached hydrogens (primary N) is 1. The summed E-state index contributed by atoms with van der Waals surface area (Å²) in [4.78, 5) is 8.41. The van der Waals surface area contributed by atoms with Gasteiger partial charge in [0.2, 0.25) is 0 Å². The van der Waals surface area contributed by atoms with Crippen LogP contribution in [-0.4, -0.2) is 20.2 Å². The molecule has 5 nitrogen and oxygen atoms in total. The van der Waals surface area contributed by atoms with Gasteiger partial charge in [0.25, 0.3) is 0 Å². The molecule has 2 N–H and O–H groups in total. The molecule has 2 heterocycles. The minimum absolute atomic E-state index is 0.510. The van der Waals surface area contributed by atoms with Crippen LogP contribution in [-0.2, 0) is 5.75 Å². The van der Waals surface area contributed by atoms with Crippen molar-refractivity contribution in [1.29, 1.82) is 0 Å². The third-order valence-corrected chi connectivity index (χ3v) is 3.44. The first-order valence-corrected chi connectivity index (χ1v) is 6.09. The van der Waals surface area contributed by atoms with E-state index in [1.807, 2.05) is 6.92 Å². The van der Waals surface area contributed by atoms with Crippen LogP contribution in [0.3, 0.4) is 0 Å². The molecule has 0 amide bonds. The Labute approximate surface area is 95.2 Å². The van der Waals surface area contributed by atoms with E-state index in [1.165, 1.54) is 11.3 Å². The Morgan fingerprint density at radius 2 is 2.33 bits per heavy atom. The van der Waals surface area contributed by atoms with Gasteiger partial charge in [-0.1, -0.05) is 23.1 Å². The summed E-state index contributed by atoms with van der Waals surface area (Å²) in [5.74, 6) is 1.91. The molecule has 2 aromatic heterocycles. The van der Waals surface area contributed by atoms with Gasteiger partial charge in [-0.05, 0) is 6.92 Å². The number of thioether (sulfide) groups is 1. The lowest BCUT2D eigenvalue weighted by molar-refractivity contribution is 0.989. The van der Waals surface area contributed by atoms with Gasteiger partial charge in [0, 0.05) is 11.8 Å². The van der Waals surface area contributed by atoms with Crippen molar-refractivity contribution in [3.05, 3.63) is 23.1 Å². The molecule has 0 aliphatic carbocycles. The van der Waals surface area contributed by atoms with Crippen LogP contribution in [0.5, 0.6) is 0 Å². The molecule has 0 spiro atoms. The summed E-state index contributed by atoms with van der Waals surface area (Å²) in [7, 11) is 0. The molecule has 0 aromatic carbocycles. The van der Waals surface area contributed by atoms with E-state index < -0.39 is 0 Å². The number of nitrogen functional groups attached to an aromatic ring is 1. The molecule has 0 aliphatic heterocycles. The fourth-order valence-corrected chi connectivity index (χ4v) is 2.42. The lowest BCUT2D eigenvalue weighted by Crippen LogP contribution is -1.99. The molecule has 0 bridgehead atoms. The molecule has 0 aliphatic rings. The van der Waals surface area contributed by atoms with Gasteiger partial charge in [-0.25, -0.2) is 9.97 Å². The van der Waals surface area contributed by atoms with E-state index in [0.717, 1.165) is 15.9 Å². The van der Waals surface area contributed by atoms with Crippen LogP contribution < -0.4 is 5.73 Å². The van der Waals surface area contributed by atoms with Crippen molar-refractivity contribution in [3.63, 3.8) is 0 Å². The van der Waals surface area contributed by atoms with E-state index in [0.29, 0.717) is 11.6 Å². The van der Waals surface area contributed by atoms with E-state index in [1.54, 1.807) is 23.3 Å². The molecule has 7 heteroatoms.